The Hall–Kier alpha value is -3.86. The van der Waals surface area contributed by atoms with Gasteiger partial charge in [-0.1, -0.05) is 24.3 Å². The van der Waals surface area contributed by atoms with Crippen molar-refractivity contribution in [3.05, 3.63) is 76.9 Å². The summed E-state index contributed by atoms with van der Waals surface area (Å²) in [4.78, 5) is 11.7. The summed E-state index contributed by atoms with van der Waals surface area (Å²) in [6.07, 6.45) is -5.74. The third-order valence-corrected chi connectivity index (χ3v) is 9.01. The molecule has 0 bridgehead atoms. The number of alkyl halides is 5. The van der Waals surface area contributed by atoms with E-state index in [1.807, 2.05) is 6.07 Å². The van der Waals surface area contributed by atoms with Crippen LogP contribution in [0.25, 0.3) is 11.1 Å². The van der Waals surface area contributed by atoms with Gasteiger partial charge in [-0.05, 0) is 72.2 Å². The molecule has 0 saturated heterocycles. The Balaban J connectivity index is 1.21. The Morgan fingerprint density at radius 2 is 1.69 bits per heavy atom. The molecule has 6 nitrogen and oxygen atoms in total. The van der Waals surface area contributed by atoms with Gasteiger partial charge < -0.3 is 24.1 Å². The lowest BCUT2D eigenvalue weighted by molar-refractivity contribution is -0.141. The highest BCUT2D eigenvalue weighted by Crippen LogP contribution is 2.47. The largest absolute Gasteiger partial charge is 0.492 e. The third kappa shape index (κ3) is 6.59. The van der Waals surface area contributed by atoms with E-state index < -0.39 is 36.0 Å². The predicted molar refractivity (Wildman–Crippen MR) is 153 cm³/mol. The number of methoxy groups -OCH3 is 1. The minimum absolute atomic E-state index is 0.0654. The molecule has 3 atom stereocenters. The summed E-state index contributed by atoms with van der Waals surface area (Å²) < 4.78 is 92.1. The molecule has 2 aliphatic carbocycles. The zero-order valence-corrected chi connectivity index (χ0v) is 24.5. The van der Waals surface area contributed by atoms with Crippen LogP contribution >= 0.6 is 0 Å². The van der Waals surface area contributed by atoms with E-state index in [9.17, 15) is 31.9 Å². The number of aliphatic hydroxyl groups is 1. The Morgan fingerprint density at radius 3 is 2.38 bits per heavy atom. The quantitative estimate of drug-likeness (QED) is 0.154. The molecule has 0 radical (unpaired) electrons. The summed E-state index contributed by atoms with van der Waals surface area (Å²) >= 11 is 0. The van der Waals surface area contributed by atoms with Crippen molar-refractivity contribution in [3.8, 4) is 28.4 Å². The van der Waals surface area contributed by atoms with Crippen LogP contribution in [-0.4, -0.2) is 37.0 Å². The molecule has 0 amide bonds. The summed E-state index contributed by atoms with van der Waals surface area (Å²) in [6, 6.07) is 13.9. The highest BCUT2D eigenvalue weighted by molar-refractivity contribution is 5.75. The zero-order valence-electron chi connectivity index (χ0n) is 24.5. The molecule has 0 spiro atoms. The molecule has 3 aliphatic rings. The maximum Gasteiger partial charge on any atom is 0.417 e. The van der Waals surface area contributed by atoms with Gasteiger partial charge in [0.25, 0.3) is 0 Å². The van der Waals surface area contributed by atoms with Gasteiger partial charge in [-0.2, -0.15) is 13.2 Å². The number of esters is 1. The van der Waals surface area contributed by atoms with Crippen LogP contribution in [0.2, 0.25) is 0 Å². The SMILES string of the molecule is COC(=O)CC1COc2cc(O[C@@H]3CCc4c3ccc(C(F)(F)F)c4-c3ccc(OC(O)C4CCC(F)(F)CC4)cc3)ccc21. The van der Waals surface area contributed by atoms with Gasteiger partial charge in [-0.25, -0.2) is 8.78 Å². The smallest absolute Gasteiger partial charge is 0.417 e. The molecule has 1 N–H and O–H groups in total. The average Bonchev–Trinajstić information content (AvgIpc) is 3.60. The van der Waals surface area contributed by atoms with Crippen LogP contribution in [0.1, 0.15) is 72.8 Å². The predicted octanol–water partition coefficient (Wildman–Crippen LogP) is 8.00. The molecule has 240 valence electrons. The number of carbonyl (C=O) groups excluding carboxylic acids is 1. The fourth-order valence-corrected chi connectivity index (χ4v) is 6.59. The summed E-state index contributed by atoms with van der Waals surface area (Å²) in [5.74, 6) is -2.30. The molecule has 1 aliphatic heterocycles. The van der Waals surface area contributed by atoms with Gasteiger partial charge in [0.2, 0.25) is 5.92 Å². The van der Waals surface area contributed by atoms with Crippen molar-refractivity contribution in [2.24, 2.45) is 5.92 Å². The second-order valence-electron chi connectivity index (χ2n) is 11.9. The normalized spacial score (nSPS) is 21.4. The molecule has 1 heterocycles. The molecule has 1 fully saturated rings. The first kappa shape index (κ1) is 31.1. The van der Waals surface area contributed by atoms with E-state index in [1.165, 1.54) is 37.4 Å². The molecule has 3 aromatic carbocycles. The zero-order chi connectivity index (χ0) is 31.9. The van der Waals surface area contributed by atoms with Crippen LogP contribution in [0.5, 0.6) is 17.2 Å². The Bertz CT molecular complexity index is 1540. The fourth-order valence-electron chi connectivity index (χ4n) is 6.59. The maximum atomic E-state index is 14.2. The first-order chi connectivity index (χ1) is 21.4. The van der Waals surface area contributed by atoms with Gasteiger partial charge >= 0.3 is 12.1 Å². The van der Waals surface area contributed by atoms with Crippen LogP contribution in [0, 0.1) is 5.92 Å². The van der Waals surface area contributed by atoms with Crippen molar-refractivity contribution in [1.82, 2.24) is 0 Å². The van der Waals surface area contributed by atoms with Crippen molar-refractivity contribution in [2.75, 3.05) is 13.7 Å². The molecular formula is C34H33F5O6. The monoisotopic (exact) mass is 632 g/mol. The summed E-state index contributed by atoms with van der Waals surface area (Å²) in [5.41, 5.74) is 1.71. The molecule has 6 rings (SSSR count). The van der Waals surface area contributed by atoms with Crippen molar-refractivity contribution in [3.63, 3.8) is 0 Å². The minimum Gasteiger partial charge on any atom is -0.492 e. The molecule has 2 unspecified atom stereocenters. The van der Waals surface area contributed by atoms with Crippen LogP contribution in [0.15, 0.2) is 54.6 Å². The van der Waals surface area contributed by atoms with E-state index in [1.54, 1.807) is 12.1 Å². The lowest BCUT2D eigenvalue weighted by Gasteiger charge is -2.31. The number of fused-ring (bicyclic) bond motifs is 2. The minimum atomic E-state index is -4.60. The van der Waals surface area contributed by atoms with E-state index >= 15 is 0 Å². The molecular weight excluding hydrogens is 599 g/mol. The molecule has 1 saturated carbocycles. The van der Waals surface area contributed by atoms with Crippen molar-refractivity contribution < 1.29 is 50.8 Å². The van der Waals surface area contributed by atoms with Gasteiger partial charge in [0.15, 0.2) is 6.29 Å². The molecule has 3 aromatic rings. The van der Waals surface area contributed by atoms with Crippen molar-refractivity contribution in [1.29, 1.82) is 0 Å². The van der Waals surface area contributed by atoms with E-state index in [4.69, 9.17) is 18.9 Å². The van der Waals surface area contributed by atoms with Crippen molar-refractivity contribution in [2.45, 2.75) is 75.4 Å². The first-order valence-corrected chi connectivity index (χ1v) is 15.0. The molecule has 0 aromatic heterocycles. The van der Waals surface area contributed by atoms with E-state index in [-0.39, 0.29) is 55.3 Å². The third-order valence-electron chi connectivity index (χ3n) is 9.01. The van der Waals surface area contributed by atoms with Crippen molar-refractivity contribution >= 4 is 5.97 Å². The van der Waals surface area contributed by atoms with Gasteiger partial charge in [0, 0.05) is 36.3 Å². The number of carbonyl (C=O) groups is 1. The topological polar surface area (TPSA) is 74.2 Å². The number of rotatable bonds is 8. The number of halogens is 5. The van der Waals surface area contributed by atoms with E-state index in [0.29, 0.717) is 47.6 Å². The first-order valence-electron chi connectivity index (χ1n) is 15.0. The second-order valence-corrected chi connectivity index (χ2v) is 11.9. The van der Waals surface area contributed by atoms with E-state index in [0.717, 1.165) is 11.6 Å². The standard InChI is InChI=1S/C34H33F5O6/c1-42-30(40)16-21-18-43-29-17-23(6-7-24(21)29)44-28-11-9-26-25(28)8-10-27(34(37,38)39)31(26)19-2-4-22(5-3-19)45-32(41)20-12-14-33(35,36)15-13-20/h2-8,10,17,20-21,28,32,41H,9,11-16,18H2,1H3/t21?,28-,32?/m1/s1. The second kappa shape index (κ2) is 12.2. The summed E-state index contributed by atoms with van der Waals surface area (Å²) in [5, 5.41) is 10.5. The molecule has 11 heteroatoms. The van der Waals surface area contributed by atoms with Gasteiger partial charge in [-0.3, -0.25) is 4.79 Å². The fraction of sp³-hybridized carbons (Fsp3) is 0.441. The van der Waals surface area contributed by atoms with Crippen LogP contribution in [-0.2, 0) is 22.1 Å². The lowest BCUT2D eigenvalue weighted by Crippen LogP contribution is -2.34. The summed E-state index contributed by atoms with van der Waals surface area (Å²) in [7, 11) is 1.33. The highest BCUT2D eigenvalue weighted by Gasteiger charge is 2.39. The van der Waals surface area contributed by atoms with Gasteiger partial charge in [-0.15, -0.1) is 0 Å². The highest BCUT2D eigenvalue weighted by atomic mass is 19.4. The Kier molecular flexibility index (Phi) is 8.41. The Labute approximate surface area is 257 Å². The summed E-state index contributed by atoms with van der Waals surface area (Å²) in [6.45, 7) is 0.339. The average molecular weight is 633 g/mol. The van der Waals surface area contributed by atoms with Crippen LogP contribution < -0.4 is 14.2 Å². The number of benzene rings is 3. The van der Waals surface area contributed by atoms with Crippen LogP contribution in [0.4, 0.5) is 22.0 Å². The molecule has 45 heavy (non-hydrogen) atoms. The number of hydrogen-bond donors (Lipinski definition) is 1. The lowest BCUT2D eigenvalue weighted by atomic mass is 9.86. The van der Waals surface area contributed by atoms with E-state index in [2.05, 4.69) is 0 Å². The Morgan fingerprint density at radius 1 is 1.00 bits per heavy atom. The van der Waals surface area contributed by atoms with Gasteiger partial charge in [0.1, 0.15) is 23.4 Å². The number of aliphatic hydroxyl groups excluding tert-OH is 1. The number of ether oxygens (including phenoxy) is 4. The van der Waals surface area contributed by atoms with Crippen LogP contribution in [0.3, 0.4) is 0 Å². The number of hydrogen-bond acceptors (Lipinski definition) is 6. The maximum absolute atomic E-state index is 14.2. The van der Waals surface area contributed by atoms with Gasteiger partial charge in [0.05, 0.1) is 25.7 Å².